The molecular formula is C21H20N6O. The average molecular weight is 372 g/mol. The monoisotopic (exact) mass is 372 g/mol. The summed E-state index contributed by atoms with van der Waals surface area (Å²) in [5.41, 5.74) is 3.43. The highest BCUT2D eigenvalue weighted by molar-refractivity contribution is 5.93. The van der Waals surface area contributed by atoms with Crippen molar-refractivity contribution in [2.45, 2.75) is 13.0 Å². The first-order valence-corrected chi connectivity index (χ1v) is 8.95. The van der Waals surface area contributed by atoms with Crippen LogP contribution in [0.4, 0.5) is 0 Å². The number of benzene rings is 2. The van der Waals surface area contributed by atoms with Crippen LogP contribution in [-0.4, -0.2) is 42.4 Å². The molecule has 0 saturated heterocycles. The van der Waals surface area contributed by atoms with Crippen LogP contribution in [0.2, 0.25) is 0 Å². The second kappa shape index (κ2) is 7.48. The Hall–Kier alpha value is -3.74. The lowest BCUT2D eigenvalue weighted by Crippen LogP contribution is -2.29. The van der Waals surface area contributed by atoms with Gasteiger partial charge in [0.2, 0.25) is 0 Å². The Morgan fingerprint density at radius 2 is 1.68 bits per heavy atom. The van der Waals surface area contributed by atoms with E-state index in [0.717, 1.165) is 16.9 Å². The molecule has 28 heavy (non-hydrogen) atoms. The zero-order chi connectivity index (χ0) is 19.5. The predicted molar refractivity (Wildman–Crippen MR) is 105 cm³/mol. The van der Waals surface area contributed by atoms with Crippen molar-refractivity contribution in [1.82, 2.24) is 29.4 Å². The Morgan fingerprint density at radius 3 is 2.36 bits per heavy atom. The van der Waals surface area contributed by atoms with E-state index in [2.05, 4.69) is 15.2 Å². The summed E-state index contributed by atoms with van der Waals surface area (Å²) in [6.45, 7) is 2.00. The van der Waals surface area contributed by atoms with Gasteiger partial charge in [-0.1, -0.05) is 30.3 Å². The number of hydrogen-bond donors (Lipinski definition) is 0. The fourth-order valence-corrected chi connectivity index (χ4v) is 3.01. The molecule has 7 heteroatoms. The Balaban J connectivity index is 1.50. The summed E-state index contributed by atoms with van der Waals surface area (Å²) < 4.78 is 3.40. The van der Waals surface area contributed by atoms with Gasteiger partial charge in [-0.2, -0.15) is 10.2 Å². The highest BCUT2D eigenvalue weighted by Crippen LogP contribution is 2.22. The summed E-state index contributed by atoms with van der Waals surface area (Å²) in [6, 6.07) is 17.6. The molecule has 140 valence electrons. The van der Waals surface area contributed by atoms with Crippen molar-refractivity contribution in [1.29, 1.82) is 0 Å². The van der Waals surface area contributed by atoms with Crippen LogP contribution in [0.3, 0.4) is 0 Å². The average Bonchev–Trinajstić information content (AvgIpc) is 3.45. The van der Waals surface area contributed by atoms with Gasteiger partial charge in [0.1, 0.15) is 12.7 Å². The van der Waals surface area contributed by atoms with E-state index in [1.54, 1.807) is 40.0 Å². The van der Waals surface area contributed by atoms with Gasteiger partial charge >= 0.3 is 0 Å². The summed E-state index contributed by atoms with van der Waals surface area (Å²) in [7, 11) is 1.80. The highest BCUT2D eigenvalue weighted by atomic mass is 16.2. The maximum atomic E-state index is 12.9. The maximum absolute atomic E-state index is 12.9. The van der Waals surface area contributed by atoms with E-state index in [-0.39, 0.29) is 11.9 Å². The smallest absolute Gasteiger partial charge is 0.257 e. The molecule has 1 amide bonds. The van der Waals surface area contributed by atoms with Crippen LogP contribution >= 0.6 is 0 Å². The molecule has 0 aliphatic heterocycles. The fraction of sp³-hybridized carbons (Fsp3) is 0.143. The van der Waals surface area contributed by atoms with Crippen LogP contribution in [0.1, 0.15) is 28.9 Å². The Kier molecular flexibility index (Phi) is 4.72. The molecule has 1 atom stereocenters. The van der Waals surface area contributed by atoms with E-state index in [1.807, 2.05) is 61.5 Å². The third-order valence-corrected chi connectivity index (χ3v) is 4.81. The quantitative estimate of drug-likeness (QED) is 0.539. The molecule has 0 spiro atoms. The number of carbonyl (C=O) groups is 1. The molecule has 0 saturated carbocycles. The number of aromatic nitrogens is 5. The van der Waals surface area contributed by atoms with Crippen LogP contribution in [0.25, 0.3) is 11.4 Å². The zero-order valence-corrected chi connectivity index (χ0v) is 15.7. The zero-order valence-electron chi connectivity index (χ0n) is 15.7. The lowest BCUT2D eigenvalue weighted by molar-refractivity contribution is 0.0742. The standard InChI is InChI=1S/C21H20N6O/c1-16(17-8-10-20(11-9-17)27-15-22-14-24-27)25(2)21(28)18-12-23-26(13-18)19-6-4-3-5-7-19/h3-16H,1-2H3. The molecule has 2 aromatic carbocycles. The molecule has 4 aromatic rings. The van der Waals surface area contributed by atoms with Crippen LogP contribution < -0.4 is 0 Å². The van der Waals surface area contributed by atoms with E-state index in [9.17, 15) is 4.79 Å². The van der Waals surface area contributed by atoms with Crippen molar-refractivity contribution < 1.29 is 4.79 Å². The lowest BCUT2D eigenvalue weighted by atomic mass is 10.1. The van der Waals surface area contributed by atoms with Gasteiger partial charge in [-0.3, -0.25) is 4.79 Å². The minimum atomic E-state index is -0.0858. The van der Waals surface area contributed by atoms with Gasteiger partial charge in [0, 0.05) is 13.2 Å². The van der Waals surface area contributed by atoms with Crippen molar-refractivity contribution >= 4 is 5.91 Å². The fourth-order valence-electron chi connectivity index (χ4n) is 3.01. The minimum absolute atomic E-state index is 0.0740. The molecule has 0 radical (unpaired) electrons. The summed E-state index contributed by atoms with van der Waals surface area (Å²) in [5.74, 6) is -0.0740. The second-order valence-electron chi connectivity index (χ2n) is 6.53. The summed E-state index contributed by atoms with van der Waals surface area (Å²) >= 11 is 0. The minimum Gasteiger partial charge on any atom is -0.335 e. The van der Waals surface area contributed by atoms with Gasteiger partial charge in [-0.25, -0.2) is 14.3 Å². The maximum Gasteiger partial charge on any atom is 0.257 e. The van der Waals surface area contributed by atoms with E-state index >= 15 is 0 Å². The lowest BCUT2D eigenvalue weighted by Gasteiger charge is -2.25. The molecule has 7 nitrogen and oxygen atoms in total. The molecule has 0 aliphatic carbocycles. The number of amides is 1. The third kappa shape index (κ3) is 3.42. The van der Waals surface area contributed by atoms with Gasteiger partial charge in [0.15, 0.2) is 0 Å². The van der Waals surface area contributed by atoms with E-state index in [1.165, 1.54) is 6.33 Å². The van der Waals surface area contributed by atoms with Crippen LogP contribution in [0.15, 0.2) is 79.6 Å². The number of nitrogens with zero attached hydrogens (tertiary/aromatic N) is 6. The van der Waals surface area contributed by atoms with Crippen molar-refractivity contribution in [3.8, 4) is 11.4 Å². The van der Waals surface area contributed by atoms with Crippen LogP contribution in [-0.2, 0) is 0 Å². The van der Waals surface area contributed by atoms with Gasteiger partial charge in [-0.15, -0.1) is 0 Å². The van der Waals surface area contributed by atoms with Crippen LogP contribution in [0, 0.1) is 0 Å². The second-order valence-corrected chi connectivity index (χ2v) is 6.53. The van der Waals surface area contributed by atoms with E-state index in [0.29, 0.717) is 5.56 Å². The molecule has 4 rings (SSSR count). The number of rotatable bonds is 5. The molecular weight excluding hydrogens is 352 g/mol. The first kappa shape index (κ1) is 17.7. The van der Waals surface area contributed by atoms with E-state index < -0.39 is 0 Å². The molecule has 2 heterocycles. The Labute approximate surface area is 162 Å². The largest absolute Gasteiger partial charge is 0.335 e. The normalized spacial score (nSPS) is 11.9. The Morgan fingerprint density at radius 1 is 0.964 bits per heavy atom. The molecule has 0 bridgehead atoms. The van der Waals surface area contributed by atoms with Crippen molar-refractivity contribution in [2.24, 2.45) is 0 Å². The van der Waals surface area contributed by atoms with Gasteiger partial charge in [0.05, 0.1) is 29.2 Å². The summed E-state index contributed by atoms with van der Waals surface area (Å²) in [5, 5.41) is 8.44. The first-order valence-electron chi connectivity index (χ1n) is 8.95. The molecule has 1 unspecified atom stereocenters. The molecule has 0 aliphatic rings. The number of para-hydroxylation sites is 1. The summed E-state index contributed by atoms with van der Waals surface area (Å²) in [4.78, 5) is 18.6. The molecule has 0 fully saturated rings. The van der Waals surface area contributed by atoms with Gasteiger partial charge < -0.3 is 4.90 Å². The third-order valence-electron chi connectivity index (χ3n) is 4.81. The Bertz CT molecular complexity index is 1050. The first-order chi connectivity index (χ1) is 13.6. The number of hydrogen-bond acceptors (Lipinski definition) is 4. The molecule has 2 aromatic heterocycles. The van der Waals surface area contributed by atoms with Crippen molar-refractivity contribution in [2.75, 3.05) is 7.05 Å². The SMILES string of the molecule is CC(c1ccc(-n2cncn2)cc1)N(C)C(=O)c1cnn(-c2ccccc2)c1. The highest BCUT2D eigenvalue weighted by Gasteiger charge is 2.20. The van der Waals surface area contributed by atoms with Gasteiger partial charge in [-0.05, 0) is 36.8 Å². The summed E-state index contributed by atoms with van der Waals surface area (Å²) in [6.07, 6.45) is 6.51. The number of carbonyl (C=O) groups excluding carboxylic acids is 1. The van der Waals surface area contributed by atoms with E-state index in [4.69, 9.17) is 0 Å². The topological polar surface area (TPSA) is 68.8 Å². The predicted octanol–water partition coefficient (Wildman–Crippen LogP) is 3.29. The van der Waals surface area contributed by atoms with Crippen molar-refractivity contribution in [3.05, 3.63) is 90.8 Å². The molecule has 0 N–H and O–H groups in total. The van der Waals surface area contributed by atoms with Crippen molar-refractivity contribution in [3.63, 3.8) is 0 Å². The van der Waals surface area contributed by atoms with Crippen LogP contribution in [0.5, 0.6) is 0 Å². The van der Waals surface area contributed by atoms with Gasteiger partial charge in [0.25, 0.3) is 5.91 Å².